The maximum atomic E-state index is 12.3. The van der Waals surface area contributed by atoms with Crippen molar-refractivity contribution >= 4 is 10.2 Å². The van der Waals surface area contributed by atoms with Crippen molar-refractivity contribution < 1.29 is 13.2 Å². The van der Waals surface area contributed by atoms with E-state index in [2.05, 4.69) is 10.00 Å². The average molecular weight is 343 g/mol. The number of aryl methyl sites for hydroxylation is 1. The van der Waals surface area contributed by atoms with Gasteiger partial charge in [-0.25, -0.2) is 0 Å². The molecule has 1 aromatic heterocycles. The second-order valence-corrected chi connectivity index (χ2v) is 8.68. The predicted octanol–water partition coefficient (Wildman–Crippen LogP) is -0.641. The van der Waals surface area contributed by atoms with Crippen LogP contribution in [0.1, 0.15) is 5.56 Å². The van der Waals surface area contributed by atoms with Gasteiger partial charge in [0.2, 0.25) is 0 Å². The zero-order valence-electron chi connectivity index (χ0n) is 13.9. The van der Waals surface area contributed by atoms with Crippen LogP contribution >= 0.6 is 0 Å². The molecule has 2 fully saturated rings. The number of hydrogen-bond acceptors (Lipinski definition) is 5. The molecule has 9 heteroatoms. The Kier molecular flexibility index (Phi) is 4.75. The van der Waals surface area contributed by atoms with Crippen LogP contribution in [0.5, 0.6) is 0 Å². The number of aromatic nitrogens is 2. The van der Waals surface area contributed by atoms with Gasteiger partial charge in [0.15, 0.2) is 0 Å². The van der Waals surface area contributed by atoms with Gasteiger partial charge in [0.05, 0.1) is 18.9 Å². The van der Waals surface area contributed by atoms with Crippen LogP contribution in [0, 0.1) is 5.92 Å². The van der Waals surface area contributed by atoms with E-state index in [1.54, 1.807) is 18.8 Å². The summed E-state index contributed by atoms with van der Waals surface area (Å²) >= 11 is 0. The van der Waals surface area contributed by atoms with Crippen molar-refractivity contribution in [3.8, 4) is 0 Å². The van der Waals surface area contributed by atoms with Gasteiger partial charge in [-0.05, 0) is 0 Å². The van der Waals surface area contributed by atoms with E-state index in [0.717, 1.165) is 19.6 Å². The quantitative estimate of drug-likeness (QED) is 0.727. The lowest BCUT2D eigenvalue weighted by Gasteiger charge is -2.23. The van der Waals surface area contributed by atoms with E-state index in [9.17, 15) is 8.42 Å². The molecule has 0 amide bonds. The van der Waals surface area contributed by atoms with Gasteiger partial charge in [0, 0.05) is 71.5 Å². The molecule has 3 rings (SSSR count). The van der Waals surface area contributed by atoms with E-state index < -0.39 is 10.2 Å². The molecule has 2 saturated heterocycles. The molecular formula is C14H25N5O3S. The molecule has 0 aliphatic carbocycles. The highest BCUT2D eigenvalue weighted by Crippen LogP contribution is 2.26. The standard InChI is InChI=1S/C14H25N5O3S/c1-16(2)23(20,21)19-10-13-9-18(4-5-22-14(13)11-19)8-12-6-15-17(3)7-12/h6-7,13-14H,4-5,8-11H2,1-3H3/t13-,14+/m0/s1. The molecule has 23 heavy (non-hydrogen) atoms. The SMILES string of the molecule is CN(C)S(=O)(=O)N1C[C@@H]2CN(Cc3cnn(C)c3)CCO[C@@H]2C1. The monoisotopic (exact) mass is 343 g/mol. The first kappa shape index (κ1) is 16.8. The van der Waals surface area contributed by atoms with Gasteiger partial charge in [-0.15, -0.1) is 0 Å². The van der Waals surface area contributed by atoms with Crippen LogP contribution in [0.4, 0.5) is 0 Å². The van der Waals surface area contributed by atoms with Crippen molar-refractivity contribution in [1.82, 2.24) is 23.3 Å². The third-order valence-corrected chi connectivity index (χ3v) is 6.41. The zero-order valence-corrected chi connectivity index (χ0v) is 14.7. The maximum absolute atomic E-state index is 12.3. The fourth-order valence-corrected chi connectivity index (χ4v) is 4.48. The highest BCUT2D eigenvalue weighted by Gasteiger charge is 2.41. The van der Waals surface area contributed by atoms with Gasteiger partial charge in [0.25, 0.3) is 10.2 Å². The highest BCUT2D eigenvalue weighted by molar-refractivity contribution is 7.86. The summed E-state index contributed by atoms with van der Waals surface area (Å²) in [6, 6.07) is 0. The zero-order chi connectivity index (χ0) is 16.6. The summed E-state index contributed by atoms with van der Waals surface area (Å²) in [5.41, 5.74) is 1.17. The van der Waals surface area contributed by atoms with Gasteiger partial charge in [-0.1, -0.05) is 0 Å². The van der Waals surface area contributed by atoms with Crippen molar-refractivity contribution in [3.63, 3.8) is 0 Å². The second kappa shape index (κ2) is 6.48. The molecule has 3 heterocycles. The second-order valence-electron chi connectivity index (χ2n) is 6.53. The molecule has 2 aliphatic heterocycles. The van der Waals surface area contributed by atoms with Crippen molar-refractivity contribution in [2.24, 2.45) is 13.0 Å². The molecule has 8 nitrogen and oxygen atoms in total. The Bertz CT molecular complexity index is 645. The first-order chi connectivity index (χ1) is 10.9. The minimum atomic E-state index is -3.36. The summed E-state index contributed by atoms with van der Waals surface area (Å²) in [6.45, 7) is 4.14. The molecule has 0 spiro atoms. The largest absolute Gasteiger partial charge is 0.375 e. The fourth-order valence-electron chi connectivity index (χ4n) is 3.30. The van der Waals surface area contributed by atoms with E-state index >= 15 is 0 Å². The lowest BCUT2D eigenvalue weighted by molar-refractivity contribution is 0.0545. The van der Waals surface area contributed by atoms with Gasteiger partial charge >= 0.3 is 0 Å². The summed E-state index contributed by atoms with van der Waals surface area (Å²) in [5.74, 6) is 0.212. The van der Waals surface area contributed by atoms with Gasteiger partial charge in [-0.3, -0.25) is 9.58 Å². The van der Waals surface area contributed by atoms with Crippen LogP contribution < -0.4 is 0 Å². The Labute approximate surface area is 137 Å². The Morgan fingerprint density at radius 2 is 2.13 bits per heavy atom. The van der Waals surface area contributed by atoms with Crippen LogP contribution in [-0.4, -0.2) is 84.7 Å². The van der Waals surface area contributed by atoms with E-state index in [1.807, 2.05) is 19.4 Å². The van der Waals surface area contributed by atoms with Crippen molar-refractivity contribution in [3.05, 3.63) is 18.0 Å². The lowest BCUT2D eigenvalue weighted by Crippen LogP contribution is -2.40. The number of nitrogens with zero attached hydrogens (tertiary/aromatic N) is 5. The molecule has 0 saturated carbocycles. The summed E-state index contributed by atoms with van der Waals surface area (Å²) in [6.07, 6.45) is 3.88. The molecule has 0 N–H and O–H groups in total. The van der Waals surface area contributed by atoms with E-state index in [-0.39, 0.29) is 12.0 Å². The molecule has 0 bridgehead atoms. The third kappa shape index (κ3) is 3.58. The molecule has 0 radical (unpaired) electrons. The van der Waals surface area contributed by atoms with E-state index in [1.165, 1.54) is 14.2 Å². The van der Waals surface area contributed by atoms with Crippen LogP contribution in [0.3, 0.4) is 0 Å². The van der Waals surface area contributed by atoms with Crippen molar-refractivity contribution in [2.75, 3.05) is 46.9 Å². The lowest BCUT2D eigenvalue weighted by atomic mass is 10.1. The van der Waals surface area contributed by atoms with E-state index in [4.69, 9.17) is 4.74 Å². The number of fused-ring (bicyclic) bond motifs is 1. The Morgan fingerprint density at radius 3 is 2.78 bits per heavy atom. The molecule has 2 atom stereocenters. The van der Waals surface area contributed by atoms with Crippen LogP contribution in [0.2, 0.25) is 0 Å². The number of rotatable bonds is 4. The van der Waals surface area contributed by atoms with Crippen LogP contribution in [0.25, 0.3) is 0 Å². The third-order valence-electron chi connectivity index (χ3n) is 4.53. The Morgan fingerprint density at radius 1 is 1.35 bits per heavy atom. The average Bonchev–Trinajstić information content (AvgIpc) is 3.01. The van der Waals surface area contributed by atoms with Gasteiger partial charge in [0.1, 0.15) is 0 Å². The molecular weight excluding hydrogens is 318 g/mol. The predicted molar refractivity (Wildman–Crippen MR) is 85.9 cm³/mol. The van der Waals surface area contributed by atoms with E-state index in [0.29, 0.717) is 19.7 Å². The van der Waals surface area contributed by atoms with Crippen molar-refractivity contribution in [2.45, 2.75) is 12.6 Å². The van der Waals surface area contributed by atoms with Crippen LogP contribution in [-0.2, 0) is 28.5 Å². The first-order valence-electron chi connectivity index (χ1n) is 7.85. The summed E-state index contributed by atoms with van der Waals surface area (Å²) in [4.78, 5) is 2.33. The first-order valence-corrected chi connectivity index (χ1v) is 9.25. The smallest absolute Gasteiger partial charge is 0.281 e. The summed E-state index contributed by atoms with van der Waals surface area (Å²) < 4.78 is 35.1. The summed E-state index contributed by atoms with van der Waals surface area (Å²) in [5, 5.41) is 4.20. The molecule has 1 aromatic rings. The Balaban J connectivity index is 1.66. The molecule has 2 aliphatic rings. The Hall–Kier alpha value is -1.00. The molecule has 130 valence electrons. The maximum Gasteiger partial charge on any atom is 0.281 e. The topological polar surface area (TPSA) is 70.9 Å². The van der Waals surface area contributed by atoms with Gasteiger partial charge < -0.3 is 4.74 Å². The number of ether oxygens (including phenoxy) is 1. The summed E-state index contributed by atoms with van der Waals surface area (Å²) in [7, 11) is 1.68. The minimum Gasteiger partial charge on any atom is -0.375 e. The van der Waals surface area contributed by atoms with Crippen LogP contribution in [0.15, 0.2) is 12.4 Å². The van der Waals surface area contributed by atoms with Gasteiger partial charge in [-0.2, -0.15) is 22.1 Å². The molecule has 0 aromatic carbocycles. The number of hydrogen-bond donors (Lipinski definition) is 0. The van der Waals surface area contributed by atoms with Crippen molar-refractivity contribution in [1.29, 1.82) is 0 Å². The highest BCUT2D eigenvalue weighted by atomic mass is 32.2. The minimum absolute atomic E-state index is 0.0105. The normalized spacial score (nSPS) is 27.3. The molecule has 0 unspecified atom stereocenters. The fraction of sp³-hybridized carbons (Fsp3) is 0.786.